The highest BCUT2D eigenvalue weighted by atomic mass is 14.7. The molecule has 0 saturated heterocycles. The molecule has 0 unspecified atom stereocenters. The number of aromatic nitrogens is 1. The summed E-state index contributed by atoms with van der Waals surface area (Å²) in [5.41, 5.74) is 6.52. The van der Waals surface area contributed by atoms with Gasteiger partial charge in [-0.25, -0.2) is 0 Å². The first-order chi connectivity index (χ1) is 7.68. The Labute approximate surface area is 97.2 Å². The minimum atomic E-state index is 1.00. The van der Waals surface area contributed by atoms with Crippen LogP contribution in [-0.4, -0.2) is 4.98 Å². The second kappa shape index (κ2) is 4.48. The number of hydrogen-bond acceptors (Lipinski definition) is 1. The third-order valence-electron chi connectivity index (χ3n) is 3.15. The van der Waals surface area contributed by atoms with Gasteiger partial charge in [-0.15, -0.1) is 0 Å². The van der Waals surface area contributed by atoms with Crippen LogP contribution in [0.25, 0.3) is 0 Å². The molecule has 0 radical (unpaired) electrons. The third kappa shape index (κ3) is 2.13. The lowest BCUT2D eigenvalue weighted by atomic mass is 9.97. The molecule has 2 aromatic rings. The summed E-state index contributed by atoms with van der Waals surface area (Å²) in [5, 5.41) is 0. The van der Waals surface area contributed by atoms with Crippen molar-refractivity contribution < 1.29 is 0 Å². The van der Waals surface area contributed by atoms with Crippen molar-refractivity contribution in [2.75, 3.05) is 0 Å². The van der Waals surface area contributed by atoms with Crippen molar-refractivity contribution in [1.82, 2.24) is 4.98 Å². The van der Waals surface area contributed by atoms with Crippen molar-refractivity contribution in [2.45, 2.75) is 27.2 Å². The van der Waals surface area contributed by atoms with E-state index in [0.29, 0.717) is 0 Å². The number of aryl methyl sites for hydroxylation is 2. The molecule has 16 heavy (non-hydrogen) atoms. The lowest BCUT2D eigenvalue weighted by Gasteiger charge is -2.11. The van der Waals surface area contributed by atoms with Gasteiger partial charge in [0.25, 0.3) is 0 Å². The van der Waals surface area contributed by atoms with Gasteiger partial charge < -0.3 is 0 Å². The summed E-state index contributed by atoms with van der Waals surface area (Å²) in [4.78, 5) is 4.38. The first-order valence-corrected chi connectivity index (χ1v) is 5.64. The summed E-state index contributed by atoms with van der Waals surface area (Å²) >= 11 is 0. The molecule has 0 bridgehead atoms. The smallest absolute Gasteiger partial charge is 0.0404 e. The molecule has 0 aliphatic carbocycles. The molecule has 0 N–H and O–H groups in total. The number of rotatable bonds is 2. The van der Waals surface area contributed by atoms with Crippen molar-refractivity contribution in [1.29, 1.82) is 0 Å². The molecule has 0 aliphatic rings. The van der Waals surface area contributed by atoms with Crippen LogP contribution >= 0.6 is 0 Å². The highest BCUT2D eigenvalue weighted by molar-refractivity contribution is 5.38. The lowest BCUT2D eigenvalue weighted by molar-refractivity contribution is 1.04. The zero-order valence-electron chi connectivity index (χ0n) is 10.1. The van der Waals surface area contributed by atoms with Crippen LogP contribution in [0.1, 0.15) is 27.9 Å². The molecular formula is C15H17N. The van der Waals surface area contributed by atoms with E-state index < -0.39 is 0 Å². The van der Waals surface area contributed by atoms with E-state index in [0.717, 1.165) is 12.1 Å². The Bertz CT molecular complexity index is 486. The van der Waals surface area contributed by atoms with E-state index in [-0.39, 0.29) is 0 Å². The fraction of sp³-hybridized carbons (Fsp3) is 0.267. The molecule has 0 atom stereocenters. The number of pyridine rings is 1. The van der Waals surface area contributed by atoms with Gasteiger partial charge in [-0.1, -0.05) is 30.3 Å². The van der Waals surface area contributed by atoms with E-state index in [9.17, 15) is 0 Å². The third-order valence-corrected chi connectivity index (χ3v) is 3.15. The number of nitrogens with zero attached hydrogens (tertiary/aromatic N) is 1. The second-order valence-corrected chi connectivity index (χ2v) is 4.29. The zero-order chi connectivity index (χ0) is 11.5. The summed E-state index contributed by atoms with van der Waals surface area (Å²) < 4.78 is 0. The first-order valence-electron chi connectivity index (χ1n) is 5.64. The highest BCUT2D eigenvalue weighted by Crippen LogP contribution is 2.19. The Balaban J connectivity index is 2.38. The van der Waals surface area contributed by atoms with Crippen LogP contribution in [0.4, 0.5) is 0 Å². The summed E-state index contributed by atoms with van der Waals surface area (Å²) in [6.45, 7) is 6.37. The van der Waals surface area contributed by atoms with Crippen LogP contribution < -0.4 is 0 Å². The fourth-order valence-corrected chi connectivity index (χ4v) is 1.95. The fourth-order valence-electron chi connectivity index (χ4n) is 1.95. The minimum absolute atomic E-state index is 1.00. The molecule has 0 fully saturated rings. The first kappa shape index (κ1) is 10.9. The second-order valence-electron chi connectivity index (χ2n) is 4.29. The molecule has 82 valence electrons. The lowest BCUT2D eigenvalue weighted by Crippen LogP contribution is -1.99. The highest BCUT2D eigenvalue weighted by Gasteiger charge is 2.06. The van der Waals surface area contributed by atoms with Gasteiger partial charge >= 0.3 is 0 Å². The van der Waals surface area contributed by atoms with Gasteiger partial charge in [0.2, 0.25) is 0 Å². The predicted octanol–water partition coefficient (Wildman–Crippen LogP) is 3.60. The van der Waals surface area contributed by atoms with E-state index in [1.54, 1.807) is 0 Å². The average Bonchev–Trinajstić information content (AvgIpc) is 2.31. The zero-order valence-corrected chi connectivity index (χ0v) is 10.1. The molecule has 0 spiro atoms. The van der Waals surface area contributed by atoms with Gasteiger partial charge in [0.15, 0.2) is 0 Å². The quantitative estimate of drug-likeness (QED) is 0.739. The van der Waals surface area contributed by atoms with Gasteiger partial charge in [-0.2, -0.15) is 0 Å². The maximum absolute atomic E-state index is 4.38. The van der Waals surface area contributed by atoms with E-state index in [1.807, 2.05) is 6.20 Å². The summed E-state index contributed by atoms with van der Waals surface area (Å²) in [6.07, 6.45) is 2.97. The Morgan fingerprint density at radius 1 is 1.00 bits per heavy atom. The van der Waals surface area contributed by atoms with Gasteiger partial charge in [0, 0.05) is 11.9 Å². The topological polar surface area (TPSA) is 12.9 Å². The van der Waals surface area contributed by atoms with Gasteiger partial charge in [-0.3, -0.25) is 4.98 Å². The van der Waals surface area contributed by atoms with Gasteiger partial charge in [0.1, 0.15) is 0 Å². The van der Waals surface area contributed by atoms with Crippen molar-refractivity contribution >= 4 is 0 Å². The number of hydrogen-bond donors (Lipinski definition) is 0. The molecule has 0 aliphatic heterocycles. The normalized spacial score (nSPS) is 10.4. The van der Waals surface area contributed by atoms with Crippen molar-refractivity contribution in [3.8, 4) is 0 Å². The van der Waals surface area contributed by atoms with E-state index in [2.05, 4.69) is 56.1 Å². The standard InChI is InChI=1S/C15H17N/c1-11-10-16-13(3)12(2)15(11)9-14-7-5-4-6-8-14/h4-8,10H,9H2,1-3H3. The van der Waals surface area contributed by atoms with Crippen molar-refractivity contribution in [3.05, 3.63) is 64.5 Å². The molecule has 1 heterocycles. The monoisotopic (exact) mass is 211 g/mol. The van der Waals surface area contributed by atoms with Crippen LogP contribution in [0, 0.1) is 20.8 Å². The molecule has 2 rings (SSSR count). The average molecular weight is 211 g/mol. The summed E-state index contributed by atoms with van der Waals surface area (Å²) in [6, 6.07) is 10.6. The maximum atomic E-state index is 4.38. The summed E-state index contributed by atoms with van der Waals surface area (Å²) in [5.74, 6) is 0. The van der Waals surface area contributed by atoms with Gasteiger partial charge in [0.05, 0.1) is 0 Å². The van der Waals surface area contributed by atoms with Crippen molar-refractivity contribution in [2.24, 2.45) is 0 Å². The molecule has 1 nitrogen and oxygen atoms in total. The summed E-state index contributed by atoms with van der Waals surface area (Å²) in [7, 11) is 0. The van der Waals surface area contributed by atoms with Crippen LogP contribution in [0.5, 0.6) is 0 Å². The maximum Gasteiger partial charge on any atom is 0.0404 e. The predicted molar refractivity (Wildman–Crippen MR) is 67.7 cm³/mol. The molecule has 1 aromatic carbocycles. The van der Waals surface area contributed by atoms with Gasteiger partial charge in [-0.05, 0) is 49.4 Å². The molecule has 0 amide bonds. The van der Waals surface area contributed by atoms with E-state index >= 15 is 0 Å². The minimum Gasteiger partial charge on any atom is -0.261 e. The van der Waals surface area contributed by atoms with Crippen LogP contribution in [0.2, 0.25) is 0 Å². The van der Waals surface area contributed by atoms with Crippen molar-refractivity contribution in [3.63, 3.8) is 0 Å². The van der Waals surface area contributed by atoms with Crippen LogP contribution in [0.3, 0.4) is 0 Å². The van der Waals surface area contributed by atoms with Crippen LogP contribution in [-0.2, 0) is 6.42 Å². The Kier molecular flexibility index (Phi) is 3.04. The van der Waals surface area contributed by atoms with Crippen LogP contribution in [0.15, 0.2) is 36.5 Å². The molecular weight excluding hydrogens is 194 g/mol. The molecule has 1 heteroatoms. The largest absolute Gasteiger partial charge is 0.261 e. The number of benzene rings is 1. The SMILES string of the molecule is Cc1cnc(C)c(C)c1Cc1ccccc1. The Hall–Kier alpha value is -1.63. The molecule has 1 aromatic heterocycles. The Morgan fingerprint density at radius 2 is 1.69 bits per heavy atom. The van der Waals surface area contributed by atoms with E-state index in [4.69, 9.17) is 0 Å². The Morgan fingerprint density at radius 3 is 2.38 bits per heavy atom. The van der Waals surface area contributed by atoms with E-state index in [1.165, 1.54) is 22.3 Å². The molecule has 0 saturated carbocycles.